The van der Waals surface area contributed by atoms with Crippen molar-refractivity contribution in [3.05, 3.63) is 57.9 Å². The number of hydrogen-bond acceptors (Lipinski definition) is 3. The van der Waals surface area contributed by atoms with E-state index >= 15 is 0 Å². The molecule has 4 nitrogen and oxygen atoms in total. The van der Waals surface area contributed by atoms with Crippen molar-refractivity contribution < 1.29 is 9.53 Å². The molecule has 0 aliphatic rings. The number of amides is 1. The van der Waals surface area contributed by atoms with Crippen LogP contribution in [-0.2, 0) is 7.05 Å². The first-order valence-electron chi connectivity index (χ1n) is 6.57. The lowest BCUT2D eigenvalue weighted by Crippen LogP contribution is -2.13. The number of hydrogen-bond donors (Lipinski definition) is 0. The zero-order chi connectivity index (χ0) is 15.7. The molecular formula is C16H13ClN2O2S. The summed E-state index contributed by atoms with van der Waals surface area (Å²) in [6.45, 7) is 0. The van der Waals surface area contributed by atoms with Crippen LogP contribution < -0.4 is 9.54 Å². The molecule has 1 amide bonds. The summed E-state index contributed by atoms with van der Waals surface area (Å²) in [6.07, 6.45) is 0. The topological polar surface area (TPSA) is 43.6 Å². The maximum atomic E-state index is 12.3. The van der Waals surface area contributed by atoms with E-state index in [1.807, 2.05) is 29.8 Å². The lowest BCUT2D eigenvalue weighted by atomic mass is 10.2. The van der Waals surface area contributed by atoms with Gasteiger partial charge in [0.2, 0.25) is 0 Å². The third-order valence-corrected chi connectivity index (χ3v) is 4.61. The Bertz CT molecular complexity index is 927. The molecule has 0 fully saturated rings. The molecule has 0 saturated heterocycles. The number of para-hydroxylation sites is 1. The fourth-order valence-corrected chi connectivity index (χ4v) is 3.44. The molecule has 0 radical (unpaired) electrons. The first kappa shape index (κ1) is 14.8. The number of carbonyl (C=O) groups is 1. The zero-order valence-corrected chi connectivity index (χ0v) is 13.6. The molecular weight excluding hydrogens is 320 g/mol. The van der Waals surface area contributed by atoms with E-state index in [2.05, 4.69) is 4.99 Å². The molecule has 3 aromatic rings. The largest absolute Gasteiger partial charge is 0.495 e. The van der Waals surface area contributed by atoms with Crippen LogP contribution >= 0.6 is 22.9 Å². The van der Waals surface area contributed by atoms with Crippen LogP contribution in [0.15, 0.2) is 47.5 Å². The van der Waals surface area contributed by atoms with Crippen molar-refractivity contribution in [3.63, 3.8) is 0 Å². The number of halogens is 1. The van der Waals surface area contributed by atoms with Gasteiger partial charge in [0.05, 0.1) is 11.8 Å². The molecule has 22 heavy (non-hydrogen) atoms. The van der Waals surface area contributed by atoms with Crippen molar-refractivity contribution in [3.8, 4) is 5.75 Å². The predicted molar refractivity (Wildman–Crippen MR) is 88.7 cm³/mol. The molecule has 0 spiro atoms. The number of carbonyl (C=O) groups excluding carboxylic acids is 1. The highest BCUT2D eigenvalue weighted by molar-refractivity contribution is 7.16. The fraction of sp³-hybridized carbons (Fsp3) is 0.125. The number of benzene rings is 2. The normalized spacial score (nSPS) is 11.9. The quantitative estimate of drug-likeness (QED) is 0.719. The Kier molecular flexibility index (Phi) is 4.00. The van der Waals surface area contributed by atoms with Crippen molar-refractivity contribution in [2.45, 2.75) is 0 Å². The van der Waals surface area contributed by atoms with E-state index in [0.717, 1.165) is 16.0 Å². The van der Waals surface area contributed by atoms with Crippen molar-refractivity contribution >= 4 is 39.1 Å². The number of nitrogens with zero attached hydrogens (tertiary/aromatic N) is 2. The van der Waals surface area contributed by atoms with Gasteiger partial charge >= 0.3 is 0 Å². The Labute approximate surface area is 136 Å². The van der Waals surface area contributed by atoms with Crippen LogP contribution in [0.2, 0.25) is 5.02 Å². The van der Waals surface area contributed by atoms with Gasteiger partial charge in [0, 0.05) is 17.6 Å². The molecule has 3 rings (SSSR count). The summed E-state index contributed by atoms with van der Waals surface area (Å²) in [7, 11) is 3.49. The molecule has 0 aliphatic carbocycles. The van der Waals surface area contributed by atoms with Crippen LogP contribution in [0.3, 0.4) is 0 Å². The third-order valence-electron chi connectivity index (χ3n) is 3.27. The summed E-state index contributed by atoms with van der Waals surface area (Å²) < 4.78 is 8.24. The lowest BCUT2D eigenvalue weighted by molar-refractivity contribution is 0.0998. The molecule has 0 atom stereocenters. The van der Waals surface area contributed by atoms with Gasteiger partial charge in [-0.1, -0.05) is 35.1 Å². The van der Waals surface area contributed by atoms with Gasteiger partial charge in [-0.2, -0.15) is 4.99 Å². The van der Waals surface area contributed by atoms with Gasteiger partial charge in [0.25, 0.3) is 5.91 Å². The summed E-state index contributed by atoms with van der Waals surface area (Å²) in [6, 6.07) is 12.6. The van der Waals surface area contributed by atoms with Crippen molar-refractivity contribution in [2.24, 2.45) is 12.0 Å². The van der Waals surface area contributed by atoms with Crippen LogP contribution in [0.4, 0.5) is 0 Å². The molecule has 1 heterocycles. The molecule has 6 heteroatoms. The van der Waals surface area contributed by atoms with Gasteiger partial charge in [-0.05, 0) is 30.3 Å². The van der Waals surface area contributed by atoms with Crippen molar-refractivity contribution in [1.29, 1.82) is 0 Å². The van der Waals surface area contributed by atoms with Gasteiger partial charge in [0.1, 0.15) is 11.3 Å². The molecule has 0 aliphatic heterocycles. The number of fused-ring (bicyclic) bond motifs is 1. The smallest absolute Gasteiger partial charge is 0.279 e. The maximum absolute atomic E-state index is 12.3. The standard InChI is InChI=1S/C16H13ClN2O2S/c1-19-14-12(21-2)7-4-8-13(14)22-16(19)18-15(20)10-5-3-6-11(17)9-10/h3-9H,1-2H3. The first-order chi connectivity index (χ1) is 10.6. The minimum Gasteiger partial charge on any atom is -0.495 e. The Morgan fingerprint density at radius 2 is 2.05 bits per heavy atom. The summed E-state index contributed by atoms with van der Waals surface area (Å²) in [5.41, 5.74) is 1.39. The number of methoxy groups -OCH3 is 1. The third kappa shape index (κ3) is 2.65. The average Bonchev–Trinajstić information content (AvgIpc) is 2.83. The number of rotatable bonds is 2. The Hall–Kier alpha value is -2.11. The maximum Gasteiger partial charge on any atom is 0.279 e. The second kappa shape index (κ2) is 5.94. The summed E-state index contributed by atoms with van der Waals surface area (Å²) >= 11 is 7.36. The van der Waals surface area contributed by atoms with E-state index in [9.17, 15) is 4.79 Å². The van der Waals surface area contributed by atoms with Gasteiger partial charge < -0.3 is 9.30 Å². The number of aromatic nitrogens is 1. The SMILES string of the molecule is COc1cccc2sc(=NC(=O)c3cccc(Cl)c3)n(C)c12. The zero-order valence-electron chi connectivity index (χ0n) is 12.0. The summed E-state index contributed by atoms with van der Waals surface area (Å²) in [5.74, 6) is 0.441. The number of aryl methyl sites for hydroxylation is 1. The molecule has 1 aromatic heterocycles. The van der Waals surface area contributed by atoms with E-state index in [1.165, 1.54) is 11.3 Å². The fourth-order valence-electron chi connectivity index (χ4n) is 2.21. The Morgan fingerprint density at radius 1 is 1.27 bits per heavy atom. The average molecular weight is 333 g/mol. The Morgan fingerprint density at radius 3 is 2.77 bits per heavy atom. The van der Waals surface area contributed by atoms with E-state index in [-0.39, 0.29) is 5.91 Å². The van der Waals surface area contributed by atoms with Crippen LogP contribution in [-0.4, -0.2) is 17.6 Å². The van der Waals surface area contributed by atoms with Crippen LogP contribution in [0, 0.1) is 0 Å². The highest BCUT2D eigenvalue weighted by atomic mass is 35.5. The highest BCUT2D eigenvalue weighted by Gasteiger charge is 2.10. The van der Waals surface area contributed by atoms with Gasteiger partial charge in [0.15, 0.2) is 4.80 Å². The first-order valence-corrected chi connectivity index (χ1v) is 7.77. The van der Waals surface area contributed by atoms with Crippen LogP contribution in [0.1, 0.15) is 10.4 Å². The second-order valence-corrected chi connectivity index (χ2v) is 6.12. The molecule has 0 saturated carbocycles. The van der Waals surface area contributed by atoms with Gasteiger partial charge in [-0.3, -0.25) is 4.79 Å². The number of thiazole rings is 1. The monoisotopic (exact) mass is 332 g/mol. The predicted octanol–water partition coefficient (Wildman–Crippen LogP) is 3.64. The van der Waals surface area contributed by atoms with E-state index in [0.29, 0.717) is 15.4 Å². The Balaban J connectivity index is 2.14. The van der Waals surface area contributed by atoms with Gasteiger partial charge in [-0.25, -0.2) is 0 Å². The molecule has 2 aromatic carbocycles. The molecule has 0 unspecified atom stereocenters. The number of ether oxygens (including phenoxy) is 1. The van der Waals surface area contributed by atoms with Crippen LogP contribution in [0.25, 0.3) is 10.2 Å². The van der Waals surface area contributed by atoms with Crippen molar-refractivity contribution in [2.75, 3.05) is 7.11 Å². The molecule has 112 valence electrons. The minimum atomic E-state index is -0.316. The molecule has 0 bridgehead atoms. The minimum absolute atomic E-state index is 0.316. The van der Waals surface area contributed by atoms with E-state index < -0.39 is 0 Å². The lowest BCUT2D eigenvalue weighted by Gasteiger charge is -2.03. The second-order valence-electron chi connectivity index (χ2n) is 4.68. The summed E-state index contributed by atoms with van der Waals surface area (Å²) in [5, 5.41) is 0.517. The van der Waals surface area contributed by atoms with Gasteiger partial charge in [-0.15, -0.1) is 0 Å². The highest BCUT2D eigenvalue weighted by Crippen LogP contribution is 2.26. The molecule has 0 N–H and O–H groups in total. The van der Waals surface area contributed by atoms with E-state index in [4.69, 9.17) is 16.3 Å². The van der Waals surface area contributed by atoms with Crippen LogP contribution in [0.5, 0.6) is 5.75 Å². The van der Waals surface area contributed by atoms with E-state index in [1.54, 1.807) is 31.4 Å². The van der Waals surface area contributed by atoms with Crippen molar-refractivity contribution in [1.82, 2.24) is 4.57 Å². The summed E-state index contributed by atoms with van der Waals surface area (Å²) in [4.78, 5) is 17.1.